The Labute approximate surface area is 146 Å². The van der Waals surface area contributed by atoms with Crippen LogP contribution in [0.15, 0.2) is 42.5 Å². The standard InChI is InChI=1S/C19H21N3O3/c1-12(23)13-7-5-8-14(11-13)20-17(24)15-9-6-10-16(21-15)18(25)22-19(2,3)4/h5-11H,1-4H3,(H,20,24)(H,22,25). The van der Waals surface area contributed by atoms with E-state index in [4.69, 9.17) is 0 Å². The molecule has 0 aliphatic rings. The smallest absolute Gasteiger partial charge is 0.274 e. The number of hydrogen-bond donors (Lipinski definition) is 2. The van der Waals surface area contributed by atoms with Gasteiger partial charge in [-0.05, 0) is 52.0 Å². The Kier molecular flexibility index (Phi) is 5.32. The van der Waals surface area contributed by atoms with E-state index in [1.165, 1.54) is 13.0 Å². The van der Waals surface area contributed by atoms with Crippen molar-refractivity contribution in [2.45, 2.75) is 33.2 Å². The lowest BCUT2D eigenvalue weighted by Crippen LogP contribution is -2.41. The summed E-state index contributed by atoms with van der Waals surface area (Å²) in [5.41, 5.74) is 0.882. The van der Waals surface area contributed by atoms with E-state index in [1.54, 1.807) is 36.4 Å². The van der Waals surface area contributed by atoms with Crippen LogP contribution in [0.3, 0.4) is 0 Å². The average Bonchev–Trinajstić information content (AvgIpc) is 2.53. The maximum absolute atomic E-state index is 12.4. The van der Waals surface area contributed by atoms with Crippen LogP contribution < -0.4 is 10.6 Å². The number of rotatable bonds is 4. The van der Waals surface area contributed by atoms with Gasteiger partial charge in [-0.15, -0.1) is 0 Å². The molecule has 0 fully saturated rings. The highest BCUT2D eigenvalue weighted by atomic mass is 16.2. The van der Waals surface area contributed by atoms with Gasteiger partial charge in [-0.1, -0.05) is 18.2 Å². The van der Waals surface area contributed by atoms with E-state index < -0.39 is 11.4 Å². The van der Waals surface area contributed by atoms with Crippen molar-refractivity contribution in [3.8, 4) is 0 Å². The Morgan fingerprint density at radius 2 is 1.52 bits per heavy atom. The van der Waals surface area contributed by atoms with Crippen LogP contribution in [0.2, 0.25) is 0 Å². The first-order chi connectivity index (χ1) is 11.7. The third-order valence-corrected chi connectivity index (χ3v) is 3.23. The van der Waals surface area contributed by atoms with Gasteiger partial charge in [0, 0.05) is 16.8 Å². The number of benzene rings is 1. The number of ketones is 1. The minimum absolute atomic E-state index is 0.0879. The average molecular weight is 339 g/mol. The number of nitrogens with one attached hydrogen (secondary N) is 2. The second-order valence-electron chi connectivity index (χ2n) is 6.70. The lowest BCUT2D eigenvalue weighted by Gasteiger charge is -2.20. The van der Waals surface area contributed by atoms with Crippen molar-refractivity contribution in [1.82, 2.24) is 10.3 Å². The van der Waals surface area contributed by atoms with Crippen molar-refractivity contribution in [1.29, 1.82) is 0 Å². The van der Waals surface area contributed by atoms with Gasteiger partial charge in [0.05, 0.1) is 0 Å². The van der Waals surface area contributed by atoms with Crippen molar-refractivity contribution >= 4 is 23.3 Å². The molecule has 2 rings (SSSR count). The molecule has 130 valence electrons. The van der Waals surface area contributed by atoms with E-state index >= 15 is 0 Å². The van der Waals surface area contributed by atoms with Gasteiger partial charge in [0.1, 0.15) is 11.4 Å². The Morgan fingerprint density at radius 3 is 2.12 bits per heavy atom. The summed E-state index contributed by atoms with van der Waals surface area (Å²) in [5.74, 6) is -0.887. The van der Waals surface area contributed by atoms with Crippen LogP contribution in [-0.2, 0) is 0 Å². The minimum atomic E-state index is -0.453. The van der Waals surface area contributed by atoms with E-state index in [0.717, 1.165) is 0 Å². The Morgan fingerprint density at radius 1 is 0.920 bits per heavy atom. The molecular formula is C19H21N3O3. The van der Waals surface area contributed by atoms with Gasteiger partial charge in [0.25, 0.3) is 11.8 Å². The summed E-state index contributed by atoms with van der Waals surface area (Å²) in [6.45, 7) is 7.05. The van der Waals surface area contributed by atoms with E-state index in [0.29, 0.717) is 11.3 Å². The highest BCUT2D eigenvalue weighted by Gasteiger charge is 2.18. The van der Waals surface area contributed by atoms with Crippen molar-refractivity contribution in [2.75, 3.05) is 5.32 Å². The lowest BCUT2D eigenvalue weighted by atomic mass is 10.1. The molecule has 0 aliphatic heterocycles. The van der Waals surface area contributed by atoms with E-state index in [1.807, 2.05) is 20.8 Å². The number of pyridine rings is 1. The lowest BCUT2D eigenvalue weighted by molar-refractivity contribution is 0.0913. The summed E-state index contributed by atoms with van der Waals surface area (Å²) in [7, 11) is 0. The highest BCUT2D eigenvalue weighted by Crippen LogP contribution is 2.13. The molecule has 0 saturated heterocycles. The molecule has 1 heterocycles. The molecule has 1 aromatic heterocycles. The molecule has 0 bridgehead atoms. The van der Waals surface area contributed by atoms with Crippen LogP contribution in [0.5, 0.6) is 0 Å². The van der Waals surface area contributed by atoms with Crippen molar-refractivity contribution < 1.29 is 14.4 Å². The summed E-state index contributed by atoms with van der Waals surface area (Å²) in [4.78, 5) is 40.1. The van der Waals surface area contributed by atoms with Gasteiger partial charge < -0.3 is 10.6 Å². The van der Waals surface area contributed by atoms with Gasteiger partial charge in [-0.3, -0.25) is 14.4 Å². The number of anilines is 1. The van der Waals surface area contributed by atoms with Crippen LogP contribution in [0, 0.1) is 0 Å². The minimum Gasteiger partial charge on any atom is -0.346 e. The highest BCUT2D eigenvalue weighted by molar-refractivity contribution is 6.04. The molecule has 2 amide bonds. The Hall–Kier alpha value is -3.02. The number of aromatic nitrogens is 1. The van der Waals surface area contributed by atoms with Gasteiger partial charge >= 0.3 is 0 Å². The predicted molar refractivity (Wildman–Crippen MR) is 95.9 cm³/mol. The largest absolute Gasteiger partial charge is 0.346 e. The van der Waals surface area contributed by atoms with Crippen molar-refractivity contribution in [2.24, 2.45) is 0 Å². The fourth-order valence-electron chi connectivity index (χ4n) is 2.10. The van der Waals surface area contributed by atoms with Crippen LogP contribution in [0.1, 0.15) is 59.0 Å². The third-order valence-electron chi connectivity index (χ3n) is 3.23. The topological polar surface area (TPSA) is 88.2 Å². The molecule has 2 aromatic rings. The van der Waals surface area contributed by atoms with Crippen LogP contribution in [0.25, 0.3) is 0 Å². The first-order valence-corrected chi connectivity index (χ1v) is 7.87. The first kappa shape index (κ1) is 18.3. The van der Waals surface area contributed by atoms with E-state index in [-0.39, 0.29) is 23.1 Å². The maximum atomic E-state index is 12.4. The number of Topliss-reactive ketones (excluding diaryl/α,β-unsaturated/α-hetero) is 1. The predicted octanol–water partition coefficient (Wildman–Crippen LogP) is 3.06. The summed E-state index contributed by atoms with van der Waals surface area (Å²) < 4.78 is 0. The number of amides is 2. The van der Waals surface area contributed by atoms with Crippen LogP contribution in [-0.4, -0.2) is 28.1 Å². The molecule has 6 heteroatoms. The zero-order valence-corrected chi connectivity index (χ0v) is 14.7. The van der Waals surface area contributed by atoms with Gasteiger partial charge in [-0.2, -0.15) is 0 Å². The molecule has 0 unspecified atom stereocenters. The molecule has 6 nitrogen and oxygen atoms in total. The molecule has 0 radical (unpaired) electrons. The van der Waals surface area contributed by atoms with Crippen LogP contribution in [0.4, 0.5) is 5.69 Å². The number of nitrogens with zero attached hydrogens (tertiary/aromatic N) is 1. The third kappa shape index (κ3) is 5.24. The zero-order chi connectivity index (χ0) is 18.6. The summed E-state index contributed by atoms with van der Waals surface area (Å²) >= 11 is 0. The van der Waals surface area contributed by atoms with Crippen LogP contribution >= 0.6 is 0 Å². The normalized spacial score (nSPS) is 10.9. The molecule has 0 atom stereocenters. The monoisotopic (exact) mass is 339 g/mol. The quantitative estimate of drug-likeness (QED) is 0.838. The maximum Gasteiger partial charge on any atom is 0.274 e. The summed E-state index contributed by atoms with van der Waals surface area (Å²) in [5, 5.41) is 5.48. The van der Waals surface area contributed by atoms with Crippen molar-refractivity contribution in [3.63, 3.8) is 0 Å². The second kappa shape index (κ2) is 7.25. The van der Waals surface area contributed by atoms with Gasteiger partial charge in [0.2, 0.25) is 0 Å². The zero-order valence-electron chi connectivity index (χ0n) is 14.7. The fraction of sp³-hybridized carbons (Fsp3) is 0.263. The number of carbonyl (C=O) groups excluding carboxylic acids is 3. The van der Waals surface area contributed by atoms with Crippen molar-refractivity contribution in [3.05, 3.63) is 59.4 Å². The van der Waals surface area contributed by atoms with Gasteiger partial charge in [-0.25, -0.2) is 4.98 Å². The first-order valence-electron chi connectivity index (χ1n) is 7.87. The second-order valence-corrected chi connectivity index (χ2v) is 6.70. The molecule has 0 saturated carbocycles. The number of carbonyl (C=O) groups is 3. The molecule has 2 N–H and O–H groups in total. The molecule has 0 aliphatic carbocycles. The Bertz CT molecular complexity index is 823. The summed E-state index contributed by atoms with van der Waals surface area (Å²) in [6, 6.07) is 11.3. The molecule has 25 heavy (non-hydrogen) atoms. The van der Waals surface area contributed by atoms with Gasteiger partial charge in [0.15, 0.2) is 5.78 Å². The SMILES string of the molecule is CC(=O)c1cccc(NC(=O)c2cccc(C(=O)NC(C)(C)C)n2)c1. The van der Waals surface area contributed by atoms with E-state index in [9.17, 15) is 14.4 Å². The molecule has 0 spiro atoms. The fourth-order valence-corrected chi connectivity index (χ4v) is 2.10. The van der Waals surface area contributed by atoms with E-state index in [2.05, 4.69) is 15.6 Å². The summed E-state index contributed by atoms with van der Waals surface area (Å²) in [6.07, 6.45) is 0. The Balaban J connectivity index is 2.17. The molecular weight excluding hydrogens is 318 g/mol. The number of hydrogen-bond acceptors (Lipinski definition) is 4. The molecule has 1 aromatic carbocycles.